The highest BCUT2D eigenvalue weighted by atomic mass is 32.1. The zero-order valence-electron chi connectivity index (χ0n) is 9.64. The topological polar surface area (TPSA) is 38.0 Å². The third-order valence-electron chi connectivity index (χ3n) is 2.50. The first-order chi connectivity index (χ1) is 6.36. The Labute approximate surface area is 90.5 Å². The molecule has 0 amide bonds. The molecule has 1 atom stereocenters. The molecule has 3 heteroatoms. The quantitative estimate of drug-likeness (QED) is 0.584. The van der Waals surface area contributed by atoms with Gasteiger partial charge in [0.05, 0.1) is 6.04 Å². The van der Waals surface area contributed by atoms with Crippen LogP contribution in [0.15, 0.2) is 6.07 Å². The van der Waals surface area contributed by atoms with Crippen molar-refractivity contribution in [2.75, 3.05) is 0 Å². The Morgan fingerprint density at radius 3 is 2.21 bits per heavy atom. The highest BCUT2D eigenvalue weighted by molar-refractivity contribution is 7.12. The number of nitrogens with one attached hydrogen (secondary N) is 1. The van der Waals surface area contributed by atoms with E-state index in [1.54, 1.807) is 0 Å². The van der Waals surface area contributed by atoms with Crippen LogP contribution in [0.4, 0.5) is 0 Å². The van der Waals surface area contributed by atoms with Crippen LogP contribution in [0.3, 0.4) is 0 Å². The predicted molar refractivity (Wildman–Crippen MR) is 63.3 cm³/mol. The summed E-state index contributed by atoms with van der Waals surface area (Å²) in [6, 6.07) is 2.47. The highest BCUT2D eigenvalue weighted by Crippen LogP contribution is 2.36. The fourth-order valence-corrected chi connectivity index (χ4v) is 2.85. The average molecular weight is 212 g/mol. The van der Waals surface area contributed by atoms with E-state index in [4.69, 9.17) is 5.84 Å². The lowest BCUT2D eigenvalue weighted by molar-refractivity contribution is 0.279. The smallest absolute Gasteiger partial charge is 0.0601 e. The molecule has 0 spiro atoms. The lowest BCUT2D eigenvalue weighted by Crippen LogP contribution is -2.36. The van der Waals surface area contributed by atoms with Gasteiger partial charge in [0.2, 0.25) is 0 Å². The van der Waals surface area contributed by atoms with Gasteiger partial charge in [-0.3, -0.25) is 11.3 Å². The summed E-state index contributed by atoms with van der Waals surface area (Å²) >= 11 is 1.83. The summed E-state index contributed by atoms with van der Waals surface area (Å²) in [5.41, 5.74) is 4.42. The van der Waals surface area contributed by atoms with Crippen LogP contribution in [0.5, 0.6) is 0 Å². The maximum absolute atomic E-state index is 5.61. The molecule has 1 heterocycles. The van der Waals surface area contributed by atoms with Crippen molar-refractivity contribution in [3.05, 3.63) is 21.4 Å². The fraction of sp³-hybridized carbons (Fsp3) is 0.636. The maximum atomic E-state index is 5.61. The van der Waals surface area contributed by atoms with Crippen molar-refractivity contribution in [2.45, 2.75) is 40.7 Å². The molecule has 0 aliphatic heterocycles. The van der Waals surface area contributed by atoms with Gasteiger partial charge in [0.1, 0.15) is 0 Å². The minimum atomic E-state index is 0.151. The van der Waals surface area contributed by atoms with Crippen molar-refractivity contribution in [1.82, 2.24) is 5.43 Å². The normalized spacial score (nSPS) is 14.4. The summed E-state index contributed by atoms with van der Waals surface area (Å²) in [4.78, 5) is 2.71. The van der Waals surface area contributed by atoms with Gasteiger partial charge in [-0.05, 0) is 30.9 Å². The Kier molecular flexibility index (Phi) is 3.35. The van der Waals surface area contributed by atoms with E-state index in [0.717, 1.165) is 0 Å². The van der Waals surface area contributed by atoms with E-state index in [2.05, 4.69) is 46.1 Å². The van der Waals surface area contributed by atoms with E-state index in [-0.39, 0.29) is 11.5 Å². The zero-order valence-corrected chi connectivity index (χ0v) is 10.5. The molecule has 0 saturated heterocycles. The van der Waals surface area contributed by atoms with E-state index in [0.29, 0.717) is 0 Å². The van der Waals surface area contributed by atoms with Crippen LogP contribution in [0, 0.1) is 19.3 Å². The molecule has 1 rings (SSSR count). The molecule has 1 unspecified atom stereocenters. The molecule has 0 bridgehead atoms. The largest absolute Gasteiger partial charge is 0.271 e. The first kappa shape index (κ1) is 11.7. The molecule has 2 nitrogen and oxygen atoms in total. The lowest BCUT2D eigenvalue weighted by Gasteiger charge is -2.29. The molecule has 14 heavy (non-hydrogen) atoms. The molecule has 80 valence electrons. The fourth-order valence-electron chi connectivity index (χ4n) is 1.50. The van der Waals surface area contributed by atoms with E-state index in [1.807, 2.05) is 11.3 Å². The van der Waals surface area contributed by atoms with Crippen LogP contribution in [-0.4, -0.2) is 0 Å². The number of hydrogen-bond donors (Lipinski definition) is 2. The van der Waals surface area contributed by atoms with Crippen LogP contribution in [0.2, 0.25) is 0 Å². The molecule has 0 aliphatic rings. The SMILES string of the molecule is Cc1cc(C(NN)C(C)(C)C)sc1C. The van der Waals surface area contributed by atoms with Gasteiger partial charge >= 0.3 is 0 Å². The predicted octanol–water partition coefficient (Wildman–Crippen LogP) is 2.92. The van der Waals surface area contributed by atoms with Gasteiger partial charge < -0.3 is 0 Å². The molecule has 0 aromatic carbocycles. The third kappa shape index (κ3) is 2.35. The molecular formula is C11H20N2S. The van der Waals surface area contributed by atoms with Crippen molar-refractivity contribution in [1.29, 1.82) is 0 Å². The van der Waals surface area contributed by atoms with E-state index in [1.165, 1.54) is 15.3 Å². The van der Waals surface area contributed by atoms with Gasteiger partial charge in [0.25, 0.3) is 0 Å². The number of hydrazine groups is 1. The van der Waals surface area contributed by atoms with Gasteiger partial charge in [-0.2, -0.15) is 0 Å². The molecular weight excluding hydrogens is 192 g/mol. The molecule has 0 radical (unpaired) electrons. The van der Waals surface area contributed by atoms with Crippen molar-refractivity contribution >= 4 is 11.3 Å². The van der Waals surface area contributed by atoms with Crippen LogP contribution in [-0.2, 0) is 0 Å². The molecule has 0 fully saturated rings. The Bertz CT molecular complexity index is 290. The number of hydrogen-bond acceptors (Lipinski definition) is 3. The number of aryl methyl sites for hydroxylation is 2. The summed E-state index contributed by atoms with van der Waals surface area (Å²) in [6.07, 6.45) is 0. The van der Waals surface area contributed by atoms with E-state index in [9.17, 15) is 0 Å². The summed E-state index contributed by atoms with van der Waals surface area (Å²) in [5.74, 6) is 5.61. The average Bonchev–Trinajstić information content (AvgIpc) is 2.30. The van der Waals surface area contributed by atoms with Gasteiger partial charge in [0.15, 0.2) is 0 Å². The van der Waals surface area contributed by atoms with Crippen molar-refractivity contribution in [2.24, 2.45) is 11.3 Å². The van der Waals surface area contributed by atoms with Crippen LogP contribution in [0.25, 0.3) is 0 Å². The maximum Gasteiger partial charge on any atom is 0.0601 e. The Morgan fingerprint density at radius 2 is 1.93 bits per heavy atom. The lowest BCUT2D eigenvalue weighted by atomic mass is 9.86. The highest BCUT2D eigenvalue weighted by Gasteiger charge is 2.26. The van der Waals surface area contributed by atoms with Crippen LogP contribution < -0.4 is 11.3 Å². The minimum Gasteiger partial charge on any atom is -0.271 e. The molecule has 0 aliphatic carbocycles. The molecule has 1 aromatic rings. The summed E-state index contributed by atoms with van der Waals surface area (Å²) in [5, 5.41) is 0. The minimum absolute atomic E-state index is 0.151. The van der Waals surface area contributed by atoms with Crippen molar-refractivity contribution in [3.63, 3.8) is 0 Å². The number of thiophene rings is 1. The zero-order chi connectivity index (χ0) is 10.9. The van der Waals surface area contributed by atoms with Crippen LogP contribution in [0.1, 0.15) is 42.1 Å². The molecule has 3 N–H and O–H groups in total. The second kappa shape index (κ2) is 4.01. The van der Waals surface area contributed by atoms with Crippen LogP contribution >= 0.6 is 11.3 Å². The summed E-state index contributed by atoms with van der Waals surface area (Å²) in [6.45, 7) is 10.9. The van der Waals surface area contributed by atoms with Crippen molar-refractivity contribution < 1.29 is 0 Å². The second-order valence-electron chi connectivity index (χ2n) is 4.85. The summed E-state index contributed by atoms with van der Waals surface area (Å²) in [7, 11) is 0. The Morgan fingerprint density at radius 1 is 1.36 bits per heavy atom. The molecule has 1 aromatic heterocycles. The van der Waals surface area contributed by atoms with E-state index < -0.39 is 0 Å². The molecule has 0 saturated carbocycles. The number of rotatable bonds is 2. The summed E-state index contributed by atoms with van der Waals surface area (Å²) < 4.78 is 0. The van der Waals surface area contributed by atoms with Crippen molar-refractivity contribution in [3.8, 4) is 0 Å². The Balaban J connectivity index is 3.01. The first-order valence-electron chi connectivity index (χ1n) is 4.89. The van der Waals surface area contributed by atoms with E-state index >= 15 is 0 Å². The second-order valence-corrected chi connectivity index (χ2v) is 6.14. The monoisotopic (exact) mass is 212 g/mol. The first-order valence-corrected chi connectivity index (χ1v) is 5.71. The standard InChI is InChI=1S/C11H20N2S/c1-7-6-9(14-8(7)2)10(13-12)11(3,4)5/h6,10,13H,12H2,1-5H3. The van der Waals surface area contributed by atoms with Gasteiger partial charge in [-0.15, -0.1) is 11.3 Å². The van der Waals surface area contributed by atoms with Gasteiger partial charge in [-0.1, -0.05) is 20.8 Å². The third-order valence-corrected chi connectivity index (χ3v) is 3.72. The van der Waals surface area contributed by atoms with Gasteiger partial charge in [0, 0.05) is 9.75 Å². The number of nitrogens with two attached hydrogens (primary N) is 1. The Hall–Kier alpha value is -0.380. The van der Waals surface area contributed by atoms with Gasteiger partial charge in [-0.25, -0.2) is 0 Å².